The smallest absolute Gasteiger partial charge is 0.242 e. The number of carbonyl (C=O) groups excluding carboxylic acids is 1. The number of para-hydroxylation sites is 2. The van der Waals surface area contributed by atoms with Crippen molar-refractivity contribution in [1.82, 2.24) is 14.5 Å². The SMILES string of the molecule is CCc1nc2ccccc2n1CC(=O)N1C[C@@H](C)OC[C@H]1C. The average molecular weight is 301 g/mol. The molecule has 1 amide bonds. The molecule has 0 spiro atoms. The number of aromatic nitrogens is 2. The number of imidazole rings is 1. The Labute approximate surface area is 130 Å². The lowest BCUT2D eigenvalue weighted by atomic mass is 10.2. The second-order valence-electron chi connectivity index (χ2n) is 6.00. The van der Waals surface area contributed by atoms with Crippen molar-refractivity contribution in [3.63, 3.8) is 0 Å². The number of rotatable bonds is 3. The highest BCUT2D eigenvalue weighted by atomic mass is 16.5. The van der Waals surface area contributed by atoms with Crippen LogP contribution in [0.15, 0.2) is 24.3 Å². The maximum atomic E-state index is 12.8. The van der Waals surface area contributed by atoms with Gasteiger partial charge in [-0.3, -0.25) is 4.79 Å². The molecule has 1 aliphatic heterocycles. The number of hydrogen-bond donors (Lipinski definition) is 0. The second-order valence-corrected chi connectivity index (χ2v) is 6.00. The maximum Gasteiger partial charge on any atom is 0.242 e. The molecule has 0 saturated carbocycles. The van der Waals surface area contributed by atoms with Crippen LogP contribution in [0.1, 0.15) is 26.6 Å². The highest BCUT2D eigenvalue weighted by Gasteiger charge is 2.28. The normalized spacial score (nSPS) is 22.2. The lowest BCUT2D eigenvalue weighted by molar-refractivity contribution is -0.143. The van der Waals surface area contributed by atoms with Crippen LogP contribution in [0, 0.1) is 0 Å². The van der Waals surface area contributed by atoms with Gasteiger partial charge in [0, 0.05) is 13.0 Å². The van der Waals surface area contributed by atoms with Crippen molar-refractivity contribution in [2.75, 3.05) is 13.2 Å². The molecule has 5 nitrogen and oxygen atoms in total. The zero-order valence-electron chi connectivity index (χ0n) is 13.5. The third kappa shape index (κ3) is 2.73. The van der Waals surface area contributed by atoms with Crippen molar-refractivity contribution in [2.24, 2.45) is 0 Å². The molecule has 2 heterocycles. The summed E-state index contributed by atoms with van der Waals surface area (Å²) in [5, 5.41) is 0. The Morgan fingerprint density at radius 1 is 1.36 bits per heavy atom. The highest BCUT2D eigenvalue weighted by molar-refractivity contribution is 5.81. The van der Waals surface area contributed by atoms with E-state index >= 15 is 0 Å². The fourth-order valence-electron chi connectivity index (χ4n) is 3.05. The van der Waals surface area contributed by atoms with Gasteiger partial charge in [-0.15, -0.1) is 0 Å². The van der Waals surface area contributed by atoms with E-state index in [0.717, 1.165) is 23.3 Å². The molecule has 118 valence electrons. The van der Waals surface area contributed by atoms with Crippen molar-refractivity contribution in [2.45, 2.75) is 45.9 Å². The maximum absolute atomic E-state index is 12.8. The predicted molar refractivity (Wildman–Crippen MR) is 85.7 cm³/mol. The summed E-state index contributed by atoms with van der Waals surface area (Å²) in [4.78, 5) is 19.3. The van der Waals surface area contributed by atoms with Gasteiger partial charge >= 0.3 is 0 Å². The van der Waals surface area contributed by atoms with Crippen LogP contribution in [0.5, 0.6) is 0 Å². The van der Waals surface area contributed by atoms with Crippen molar-refractivity contribution in [3.8, 4) is 0 Å². The Bertz CT molecular complexity index is 680. The van der Waals surface area contributed by atoms with E-state index in [1.165, 1.54) is 0 Å². The molecule has 1 aliphatic rings. The fraction of sp³-hybridized carbons (Fsp3) is 0.529. The van der Waals surface area contributed by atoms with E-state index < -0.39 is 0 Å². The van der Waals surface area contributed by atoms with Gasteiger partial charge in [-0.05, 0) is 26.0 Å². The molecular weight excluding hydrogens is 278 g/mol. The van der Waals surface area contributed by atoms with Gasteiger partial charge in [-0.1, -0.05) is 19.1 Å². The van der Waals surface area contributed by atoms with Gasteiger partial charge in [0.1, 0.15) is 12.4 Å². The summed E-state index contributed by atoms with van der Waals surface area (Å²) < 4.78 is 7.65. The van der Waals surface area contributed by atoms with Crippen LogP contribution in [0.3, 0.4) is 0 Å². The minimum absolute atomic E-state index is 0.102. The van der Waals surface area contributed by atoms with Gasteiger partial charge < -0.3 is 14.2 Å². The van der Waals surface area contributed by atoms with Crippen molar-refractivity contribution in [1.29, 1.82) is 0 Å². The lowest BCUT2D eigenvalue weighted by Crippen LogP contribution is -2.51. The van der Waals surface area contributed by atoms with Crippen LogP contribution in [-0.2, 0) is 22.5 Å². The summed E-state index contributed by atoms with van der Waals surface area (Å²) >= 11 is 0. The first-order chi connectivity index (χ1) is 10.6. The Kier molecular flexibility index (Phi) is 4.16. The standard InChI is InChI=1S/C17H23N3O2/c1-4-16-18-14-7-5-6-8-15(14)20(16)10-17(21)19-9-13(3)22-11-12(19)2/h5-8,12-13H,4,9-11H2,1-3H3/t12-,13-/m1/s1. The van der Waals surface area contributed by atoms with E-state index in [0.29, 0.717) is 19.7 Å². The van der Waals surface area contributed by atoms with E-state index in [9.17, 15) is 4.79 Å². The molecule has 1 fully saturated rings. The fourth-order valence-corrected chi connectivity index (χ4v) is 3.05. The number of nitrogens with zero attached hydrogens (tertiary/aromatic N) is 3. The summed E-state index contributed by atoms with van der Waals surface area (Å²) in [6, 6.07) is 8.12. The molecule has 0 radical (unpaired) electrons. The summed E-state index contributed by atoms with van der Waals surface area (Å²) in [7, 11) is 0. The Morgan fingerprint density at radius 2 is 2.14 bits per heavy atom. The summed E-state index contributed by atoms with van der Waals surface area (Å²) in [6.07, 6.45) is 0.919. The Balaban J connectivity index is 1.87. The van der Waals surface area contributed by atoms with Crippen molar-refractivity contribution < 1.29 is 9.53 Å². The molecule has 1 aromatic carbocycles. The van der Waals surface area contributed by atoms with Gasteiger partial charge in [-0.25, -0.2) is 4.98 Å². The molecule has 1 aromatic heterocycles. The minimum Gasteiger partial charge on any atom is -0.375 e. The van der Waals surface area contributed by atoms with Crippen LogP contribution in [-0.4, -0.2) is 45.7 Å². The molecule has 0 aliphatic carbocycles. The topological polar surface area (TPSA) is 47.4 Å². The molecule has 2 aromatic rings. The first kappa shape index (κ1) is 15.0. The molecule has 0 bridgehead atoms. The number of fused-ring (bicyclic) bond motifs is 1. The number of aryl methyl sites for hydroxylation is 1. The zero-order chi connectivity index (χ0) is 15.7. The quantitative estimate of drug-likeness (QED) is 0.873. The summed E-state index contributed by atoms with van der Waals surface area (Å²) in [5.41, 5.74) is 1.98. The van der Waals surface area contributed by atoms with Crippen LogP contribution >= 0.6 is 0 Å². The number of amides is 1. The van der Waals surface area contributed by atoms with Gasteiger partial charge in [-0.2, -0.15) is 0 Å². The second kappa shape index (κ2) is 6.08. The predicted octanol–water partition coefficient (Wildman–Crippen LogP) is 2.23. The van der Waals surface area contributed by atoms with E-state index in [1.54, 1.807) is 0 Å². The van der Waals surface area contributed by atoms with Crippen molar-refractivity contribution in [3.05, 3.63) is 30.1 Å². The first-order valence-corrected chi connectivity index (χ1v) is 7.95. The largest absolute Gasteiger partial charge is 0.375 e. The molecular formula is C17H23N3O2. The third-order valence-electron chi connectivity index (χ3n) is 4.27. The molecule has 0 N–H and O–H groups in total. The van der Waals surface area contributed by atoms with Gasteiger partial charge in [0.25, 0.3) is 0 Å². The molecule has 0 unspecified atom stereocenters. The Morgan fingerprint density at radius 3 is 2.91 bits per heavy atom. The summed E-state index contributed by atoms with van der Waals surface area (Å²) in [6.45, 7) is 7.74. The first-order valence-electron chi connectivity index (χ1n) is 7.95. The van der Waals surface area contributed by atoms with Gasteiger partial charge in [0.2, 0.25) is 5.91 Å². The number of ether oxygens (including phenoxy) is 1. The monoisotopic (exact) mass is 301 g/mol. The van der Waals surface area contributed by atoms with Crippen LogP contribution in [0.2, 0.25) is 0 Å². The average Bonchev–Trinajstić information content (AvgIpc) is 2.87. The van der Waals surface area contributed by atoms with Gasteiger partial charge in [0.05, 0.1) is 29.8 Å². The zero-order valence-corrected chi connectivity index (χ0v) is 13.5. The van der Waals surface area contributed by atoms with E-state index in [1.807, 2.05) is 47.6 Å². The van der Waals surface area contributed by atoms with Crippen LogP contribution in [0.4, 0.5) is 0 Å². The molecule has 2 atom stereocenters. The summed E-state index contributed by atoms with van der Waals surface area (Å²) in [5.74, 6) is 1.10. The van der Waals surface area contributed by atoms with Gasteiger partial charge in [0.15, 0.2) is 0 Å². The van der Waals surface area contributed by atoms with E-state index in [2.05, 4.69) is 11.9 Å². The number of morpholine rings is 1. The van der Waals surface area contributed by atoms with E-state index in [4.69, 9.17) is 4.74 Å². The molecule has 3 rings (SSSR count). The highest BCUT2D eigenvalue weighted by Crippen LogP contribution is 2.18. The van der Waals surface area contributed by atoms with Crippen LogP contribution < -0.4 is 0 Å². The minimum atomic E-state index is 0.102. The lowest BCUT2D eigenvalue weighted by Gasteiger charge is -2.37. The number of carbonyl (C=O) groups is 1. The van der Waals surface area contributed by atoms with Crippen LogP contribution in [0.25, 0.3) is 11.0 Å². The molecule has 22 heavy (non-hydrogen) atoms. The number of benzene rings is 1. The third-order valence-corrected chi connectivity index (χ3v) is 4.27. The van der Waals surface area contributed by atoms with E-state index in [-0.39, 0.29) is 18.1 Å². The van der Waals surface area contributed by atoms with Crippen molar-refractivity contribution >= 4 is 16.9 Å². The Hall–Kier alpha value is -1.88. The molecule has 1 saturated heterocycles. The molecule has 5 heteroatoms. The number of hydrogen-bond acceptors (Lipinski definition) is 3.